The first kappa shape index (κ1) is 27.1. The zero-order chi connectivity index (χ0) is 27.9. The second-order valence-corrected chi connectivity index (χ2v) is 10.8. The number of halogens is 4. The average Bonchev–Trinajstić information content (AvgIpc) is 3.13. The van der Waals surface area contributed by atoms with E-state index in [9.17, 15) is 18.0 Å². The van der Waals surface area contributed by atoms with E-state index in [0.29, 0.717) is 5.69 Å². The number of hydrogen-bond donors (Lipinski definition) is 3. The molecule has 2 aliphatic heterocycles. The summed E-state index contributed by atoms with van der Waals surface area (Å²) in [7, 11) is 0. The van der Waals surface area contributed by atoms with Crippen molar-refractivity contribution in [1.82, 2.24) is 15.3 Å². The maximum Gasteiger partial charge on any atom is 0.419 e. The van der Waals surface area contributed by atoms with Crippen molar-refractivity contribution in [2.45, 2.75) is 64.0 Å². The van der Waals surface area contributed by atoms with Gasteiger partial charge in [-0.15, -0.1) is 0 Å². The van der Waals surface area contributed by atoms with Crippen LogP contribution in [0.25, 0.3) is 0 Å². The topological polar surface area (TPSA) is 78.9 Å². The molecule has 1 saturated heterocycles. The molecule has 3 aromatic rings. The summed E-state index contributed by atoms with van der Waals surface area (Å²) in [4.78, 5) is 20.5. The summed E-state index contributed by atoms with van der Waals surface area (Å²) in [6.45, 7) is 7.24. The number of carbonyl (C=O) groups is 1. The molecule has 206 valence electrons. The van der Waals surface area contributed by atoms with E-state index < -0.39 is 23.0 Å². The van der Waals surface area contributed by atoms with E-state index in [1.807, 2.05) is 13.0 Å². The van der Waals surface area contributed by atoms with Gasteiger partial charge in [-0.3, -0.25) is 4.79 Å². The number of carbonyl (C=O) groups excluding carboxylic acids is 1. The van der Waals surface area contributed by atoms with E-state index in [0.717, 1.165) is 54.4 Å². The monoisotopic (exact) mass is 541 g/mol. The zero-order valence-corrected chi connectivity index (χ0v) is 22.1. The molecular formula is C29H31F4N5O. The fourth-order valence-electron chi connectivity index (χ4n) is 5.69. The molecule has 0 bridgehead atoms. The van der Waals surface area contributed by atoms with Gasteiger partial charge in [-0.25, -0.2) is 14.4 Å². The predicted molar refractivity (Wildman–Crippen MR) is 142 cm³/mol. The molecule has 0 unspecified atom stereocenters. The van der Waals surface area contributed by atoms with Crippen LogP contribution in [0.15, 0.2) is 36.5 Å². The third-order valence-electron chi connectivity index (χ3n) is 7.78. The highest BCUT2D eigenvalue weighted by Gasteiger charge is 2.40. The number of aryl methyl sites for hydroxylation is 3. The van der Waals surface area contributed by atoms with Crippen LogP contribution < -0.4 is 16.0 Å². The van der Waals surface area contributed by atoms with Gasteiger partial charge in [0.05, 0.1) is 22.4 Å². The van der Waals surface area contributed by atoms with Crippen molar-refractivity contribution >= 4 is 23.2 Å². The lowest BCUT2D eigenvalue weighted by molar-refractivity contribution is -0.138. The van der Waals surface area contributed by atoms with Gasteiger partial charge in [0.15, 0.2) is 0 Å². The highest BCUT2D eigenvalue weighted by molar-refractivity contribution is 6.06. The van der Waals surface area contributed by atoms with Crippen molar-refractivity contribution in [3.8, 4) is 0 Å². The Morgan fingerprint density at radius 1 is 1.13 bits per heavy atom. The lowest BCUT2D eigenvalue weighted by Crippen LogP contribution is -2.27. The number of anilines is 3. The summed E-state index contributed by atoms with van der Waals surface area (Å²) in [6, 6.07) is 8.54. The summed E-state index contributed by atoms with van der Waals surface area (Å²) in [5.41, 5.74) is 2.25. The van der Waals surface area contributed by atoms with Crippen molar-refractivity contribution in [1.29, 1.82) is 0 Å². The quantitative estimate of drug-likeness (QED) is 0.326. The van der Waals surface area contributed by atoms with Crippen molar-refractivity contribution < 1.29 is 22.4 Å². The highest BCUT2D eigenvalue weighted by atomic mass is 19.4. The molecule has 3 heterocycles. The van der Waals surface area contributed by atoms with Crippen LogP contribution in [-0.4, -0.2) is 29.0 Å². The fourth-order valence-corrected chi connectivity index (χ4v) is 5.69. The first-order valence-corrected chi connectivity index (χ1v) is 13.1. The molecule has 10 heteroatoms. The van der Waals surface area contributed by atoms with Gasteiger partial charge in [0, 0.05) is 11.9 Å². The lowest BCUT2D eigenvalue weighted by atomic mass is 9.82. The zero-order valence-electron chi connectivity index (χ0n) is 22.1. The van der Waals surface area contributed by atoms with Crippen molar-refractivity contribution in [2.75, 3.05) is 23.7 Å². The molecule has 0 spiro atoms. The lowest BCUT2D eigenvalue weighted by Gasteiger charge is -2.25. The molecule has 0 saturated carbocycles. The Kier molecular flexibility index (Phi) is 7.09. The van der Waals surface area contributed by atoms with Crippen molar-refractivity contribution in [3.05, 3.63) is 75.9 Å². The number of fused-ring (bicyclic) bond motifs is 1. The van der Waals surface area contributed by atoms with Gasteiger partial charge in [0.1, 0.15) is 5.82 Å². The Bertz CT molecular complexity index is 1410. The van der Waals surface area contributed by atoms with Crippen LogP contribution in [-0.2, 0) is 29.2 Å². The number of piperidine rings is 1. The van der Waals surface area contributed by atoms with Crippen LogP contribution in [0.3, 0.4) is 0 Å². The Balaban J connectivity index is 1.42. The van der Waals surface area contributed by atoms with Gasteiger partial charge in [-0.05, 0) is 106 Å². The summed E-state index contributed by atoms with van der Waals surface area (Å²) in [5, 5.41) is 8.93. The Morgan fingerprint density at radius 3 is 2.59 bits per heavy atom. The van der Waals surface area contributed by atoms with Gasteiger partial charge in [0.25, 0.3) is 0 Å². The van der Waals surface area contributed by atoms with E-state index in [2.05, 4.69) is 25.9 Å². The number of benzene rings is 2. The Morgan fingerprint density at radius 2 is 1.87 bits per heavy atom. The minimum Gasteiger partial charge on any atom is -0.325 e. The summed E-state index contributed by atoms with van der Waals surface area (Å²) >= 11 is 0. The minimum absolute atomic E-state index is 0.0388. The minimum atomic E-state index is -4.65. The number of alkyl halides is 3. The predicted octanol–water partition coefficient (Wildman–Crippen LogP) is 6.17. The maximum atomic E-state index is 15.1. The molecule has 1 fully saturated rings. The SMILES string of the molecule is Cc1cc(Nc2ncc(C(F)(F)F)c(CCc3cccc4c3C(C)(C)C(=O)N4)n2)c(F)cc1C1CCNCC1. The molecule has 0 atom stereocenters. The number of hydrogen-bond acceptors (Lipinski definition) is 5. The third kappa shape index (κ3) is 5.34. The largest absolute Gasteiger partial charge is 0.419 e. The Labute approximate surface area is 224 Å². The molecule has 1 aromatic heterocycles. The molecule has 5 rings (SSSR count). The molecule has 6 nitrogen and oxygen atoms in total. The van der Waals surface area contributed by atoms with Crippen LogP contribution >= 0.6 is 0 Å². The molecular weight excluding hydrogens is 510 g/mol. The molecule has 1 amide bonds. The number of nitrogens with one attached hydrogen (secondary N) is 3. The number of rotatable bonds is 6. The summed E-state index contributed by atoms with van der Waals surface area (Å²) < 4.78 is 56.6. The van der Waals surface area contributed by atoms with Crippen LogP contribution in [0.5, 0.6) is 0 Å². The van der Waals surface area contributed by atoms with Gasteiger partial charge in [0.2, 0.25) is 11.9 Å². The van der Waals surface area contributed by atoms with Crippen LogP contribution in [0.2, 0.25) is 0 Å². The molecule has 2 aliphatic rings. The highest BCUT2D eigenvalue weighted by Crippen LogP contribution is 2.40. The summed E-state index contributed by atoms with van der Waals surface area (Å²) in [5.74, 6) is -0.503. The van der Waals surface area contributed by atoms with Crippen LogP contribution in [0, 0.1) is 12.7 Å². The van der Waals surface area contributed by atoms with Crippen LogP contribution in [0.1, 0.15) is 66.1 Å². The van der Waals surface area contributed by atoms with E-state index in [1.54, 1.807) is 32.0 Å². The summed E-state index contributed by atoms with van der Waals surface area (Å²) in [6.07, 6.45) is -1.87. The first-order valence-electron chi connectivity index (χ1n) is 13.1. The number of nitrogens with zero attached hydrogens (tertiary/aromatic N) is 2. The van der Waals surface area contributed by atoms with Crippen LogP contribution in [0.4, 0.5) is 34.9 Å². The second kappa shape index (κ2) is 10.2. The number of amides is 1. The molecule has 2 aromatic carbocycles. The van der Waals surface area contributed by atoms with Crippen molar-refractivity contribution in [2.24, 2.45) is 0 Å². The average molecular weight is 542 g/mol. The molecule has 3 N–H and O–H groups in total. The Hall–Kier alpha value is -3.53. The van der Waals surface area contributed by atoms with E-state index >= 15 is 4.39 Å². The normalized spacial score (nSPS) is 17.2. The maximum absolute atomic E-state index is 15.1. The fraction of sp³-hybridized carbons (Fsp3) is 0.414. The van der Waals surface area contributed by atoms with Gasteiger partial charge >= 0.3 is 6.18 Å². The van der Waals surface area contributed by atoms with Gasteiger partial charge < -0.3 is 16.0 Å². The smallest absolute Gasteiger partial charge is 0.325 e. The van der Waals surface area contributed by atoms with E-state index in [-0.39, 0.29) is 42.0 Å². The second-order valence-electron chi connectivity index (χ2n) is 10.8. The number of aromatic nitrogens is 2. The third-order valence-corrected chi connectivity index (χ3v) is 7.78. The molecule has 0 radical (unpaired) electrons. The molecule has 39 heavy (non-hydrogen) atoms. The first-order chi connectivity index (χ1) is 18.4. The van der Waals surface area contributed by atoms with E-state index in [4.69, 9.17) is 0 Å². The van der Waals surface area contributed by atoms with Gasteiger partial charge in [-0.2, -0.15) is 13.2 Å². The van der Waals surface area contributed by atoms with E-state index in [1.165, 1.54) is 6.07 Å². The van der Waals surface area contributed by atoms with Crippen molar-refractivity contribution in [3.63, 3.8) is 0 Å². The standard InChI is InChI=1S/C29H31F4N5O/c1-16-13-24(21(30)14-19(16)17-9-11-34-12-10-17)38-27-35-15-20(29(31,32)33)22(37-27)8-7-18-5-4-6-23-25(18)28(2,3)26(39)36-23/h4-6,13-15,17,34H,7-12H2,1-3H3,(H,36,39)(H,35,37,38). The molecule has 0 aliphatic carbocycles. The van der Waals surface area contributed by atoms with Gasteiger partial charge in [-0.1, -0.05) is 12.1 Å².